The van der Waals surface area contributed by atoms with Gasteiger partial charge in [-0.25, -0.2) is 0 Å². The van der Waals surface area contributed by atoms with Crippen molar-refractivity contribution >= 4 is 0 Å². The lowest BCUT2D eigenvalue weighted by Gasteiger charge is -2.45. The summed E-state index contributed by atoms with van der Waals surface area (Å²) in [4.78, 5) is 2.77. The molecule has 0 aromatic carbocycles. The van der Waals surface area contributed by atoms with E-state index < -0.39 is 0 Å². The van der Waals surface area contributed by atoms with Crippen LogP contribution < -0.4 is 5.73 Å². The van der Waals surface area contributed by atoms with Crippen LogP contribution in [0.15, 0.2) is 0 Å². The zero-order valence-electron chi connectivity index (χ0n) is 12.8. The Hall–Kier alpha value is -0.120. The van der Waals surface area contributed by atoms with Crippen LogP contribution in [0.5, 0.6) is 0 Å². The van der Waals surface area contributed by atoms with Crippen molar-refractivity contribution in [3.63, 3.8) is 0 Å². The van der Waals surface area contributed by atoms with E-state index in [9.17, 15) is 0 Å². The highest BCUT2D eigenvalue weighted by atomic mass is 16.5. The lowest BCUT2D eigenvalue weighted by molar-refractivity contribution is -0.0471. The summed E-state index contributed by atoms with van der Waals surface area (Å²) >= 11 is 0. The molecule has 0 aromatic heterocycles. The third-order valence-corrected chi connectivity index (χ3v) is 5.23. The summed E-state index contributed by atoms with van der Waals surface area (Å²) < 4.78 is 5.84. The summed E-state index contributed by atoms with van der Waals surface area (Å²) in [6, 6.07) is 1.45. The average molecular weight is 268 g/mol. The maximum atomic E-state index is 6.02. The van der Waals surface area contributed by atoms with Gasteiger partial charge in [-0.2, -0.15) is 0 Å². The fourth-order valence-corrected chi connectivity index (χ4v) is 4.11. The normalized spacial score (nSPS) is 36.6. The van der Waals surface area contributed by atoms with Crippen molar-refractivity contribution in [3.05, 3.63) is 0 Å². The van der Waals surface area contributed by atoms with E-state index in [0.717, 1.165) is 37.6 Å². The Balaban J connectivity index is 2.00. The Morgan fingerprint density at radius 2 is 1.95 bits per heavy atom. The molecule has 0 radical (unpaired) electrons. The molecule has 1 saturated heterocycles. The molecular weight excluding hydrogens is 236 g/mol. The smallest absolute Gasteiger partial charge is 0.0587 e. The molecule has 112 valence electrons. The van der Waals surface area contributed by atoms with Gasteiger partial charge in [0, 0.05) is 18.7 Å². The first-order valence-electron chi connectivity index (χ1n) is 8.37. The molecule has 2 fully saturated rings. The van der Waals surface area contributed by atoms with E-state index >= 15 is 0 Å². The Bertz CT molecular complexity index is 259. The number of ether oxygens (including phenoxy) is 1. The molecule has 2 rings (SSSR count). The summed E-state index contributed by atoms with van der Waals surface area (Å²) in [6.45, 7) is 7.54. The molecule has 1 saturated carbocycles. The van der Waals surface area contributed by atoms with Gasteiger partial charge >= 0.3 is 0 Å². The monoisotopic (exact) mass is 268 g/mol. The van der Waals surface area contributed by atoms with Gasteiger partial charge in [0.25, 0.3) is 0 Å². The molecule has 2 N–H and O–H groups in total. The van der Waals surface area contributed by atoms with E-state index in [2.05, 4.69) is 18.7 Å². The number of nitrogens with zero attached hydrogens (tertiary/aromatic N) is 1. The third-order valence-electron chi connectivity index (χ3n) is 5.23. The predicted octanol–water partition coefficient (Wildman–Crippen LogP) is 2.78. The van der Waals surface area contributed by atoms with Crippen LogP contribution in [0.25, 0.3) is 0 Å². The van der Waals surface area contributed by atoms with Gasteiger partial charge in [0.05, 0.1) is 6.10 Å². The predicted molar refractivity (Wildman–Crippen MR) is 80.2 cm³/mol. The summed E-state index contributed by atoms with van der Waals surface area (Å²) in [6.07, 6.45) is 9.50. The second-order valence-electron chi connectivity index (χ2n) is 6.26. The van der Waals surface area contributed by atoms with E-state index in [1.54, 1.807) is 0 Å². The van der Waals surface area contributed by atoms with Crippen molar-refractivity contribution in [1.82, 2.24) is 4.90 Å². The van der Waals surface area contributed by atoms with Crippen molar-refractivity contribution in [2.24, 2.45) is 11.7 Å². The van der Waals surface area contributed by atoms with Crippen LogP contribution in [0.2, 0.25) is 0 Å². The van der Waals surface area contributed by atoms with E-state index in [1.807, 2.05) is 0 Å². The largest absolute Gasteiger partial charge is 0.378 e. The summed E-state index contributed by atoms with van der Waals surface area (Å²) in [7, 11) is 0. The molecule has 2 aliphatic rings. The van der Waals surface area contributed by atoms with Gasteiger partial charge in [0.2, 0.25) is 0 Å². The average Bonchev–Trinajstić information content (AvgIpc) is 2.49. The fourth-order valence-electron chi connectivity index (χ4n) is 4.11. The van der Waals surface area contributed by atoms with Gasteiger partial charge < -0.3 is 10.5 Å². The number of hydrogen-bond acceptors (Lipinski definition) is 3. The molecule has 4 unspecified atom stereocenters. The van der Waals surface area contributed by atoms with Crippen LogP contribution in [-0.2, 0) is 4.74 Å². The fraction of sp³-hybridized carbons (Fsp3) is 1.00. The van der Waals surface area contributed by atoms with Gasteiger partial charge in [-0.15, -0.1) is 0 Å². The minimum Gasteiger partial charge on any atom is -0.378 e. The lowest BCUT2D eigenvalue weighted by Crippen LogP contribution is -2.52. The molecule has 3 heteroatoms. The van der Waals surface area contributed by atoms with Gasteiger partial charge in [0.15, 0.2) is 0 Å². The molecule has 19 heavy (non-hydrogen) atoms. The molecule has 0 spiro atoms. The second-order valence-corrected chi connectivity index (χ2v) is 6.26. The first-order valence-corrected chi connectivity index (χ1v) is 8.37. The van der Waals surface area contributed by atoms with Crippen LogP contribution in [0.4, 0.5) is 0 Å². The van der Waals surface area contributed by atoms with Crippen LogP contribution in [0, 0.1) is 5.92 Å². The highest BCUT2D eigenvalue weighted by molar-refractivity contribution is 4.89. The Kier molecular flexibility index (Phi) is 6.11. The first-order chi connectivity index (χ1) is 9.30. The SMILES string of the molecule is CCC1CC(N(CC)C2CCCCC2CN)CCO1. The van der Waals surface area contributed by atoms with Crippen molar-refractivity contribution in [3.8, 4) is 0 Å². The molecule has 4 atom stereocenters. The van der Waals surface area contributed by atoms with Gasteiger partial charge in [0.1, 0.15) is 0 Å². The minimum absolute atomic E-state index is 0.479. The summed E-state index contributed by atoms with van der Waals surface area (Å²) in [5, 5.41) is 0. The number of nitrogens with two attached hydrogens (primary N) is 1. The van der Waals surface area contributed by atoms with Crippen molar-refractivity contribution in [1.29, 1.82) is 0 Å². The standard InChI is InChI=1S/C16H32N2O/c1-3-15-11-14(9-10-19-15)18(4-2)16-8-6-5-7-13(16)12-17/h13-16H,3-12,17H2,1-2H3. The van der Waals surface area contributed by atoms with E-state index in [4.69, 9.17) is 10.5 Å². The van der Waals surface area contributed by atoms with Crippen molar-refractivity contribution < 1.29 is 4.74 Å². The topological polar surface area (TPSA) is 38.5 Å². The van der Waals surface area contributed by atoms with Crippen molar-refractivity contribution in [2.45, 2.75) is 77.0 Å². The molecule has 1 aliphatic heterocycles. The van der Waals surface area contributed by atoms with Crippen molar-refractivity contribution in [2.75, 3.05) is 19.7 Å². The van der Waals surface area contributed by atoms with Gasteiger partial charge in [-0.05, 0) is 51.1 Å². The number of hydrogen-bond donors (Lipinski definition) is 1. The maximum absolute atomic E-state index is 6.02. The van der Waals surface area contributed by atoms with Crippen LogP contribution in [0.1, 0.15) is 58.8 Å². The zero-order chi connectivity index (χ0) is 13.7. The quantitative estimate of drug-likeness (QED) is 0.833. The van der Waals surface area contributed by atoms with E-state index in [0.29, 0.717) is 6.10 Å². The van der Waals surface area contributed by atoms with Crippen LogP contribution >= 0.6 is 0 Å². The Morgan fingerprint density at radius 1 is 1.16 bits per heavy atom. The second kappa shape index (κ2) is 7.61. The Labute approximate surface area is 118 Å². The highest BCUT2D eigenvalue weighted by Crippen LogP contribution is 2.32. The minimum atomic E-state index is 0.479. The van der Waals surface area contributed by atoms with Gasteiger partial charge in [-0.3, -0.25) is 4.90 Å². The molecule has 0 amide bonds. The molecular formula is C16H32N2O. The number of rotatable bonds is 5. The van der Waals surface area contributed by atoms with E-state index in [1.165, 1.54) is 45.1 Å². The van der Waals surface area contributed by atoms with Gasteiger partial charge in [-0.1, -0.05) is 26.7 Å². The maximum Gasteiger partial charge on any atom is 0.0587 e. The molecule has 0 aromatic rings. The molecule has 0 bridgehead atoms. The molecule has 3 nitrogen and oxygen atoms in total. The molecule has 1 aliphatic carbocycles. The summed E-state index contributed by atoms with van der Waals surface area (Å²) in [5.74, 6) is 0.719. The first kappa shape index (κ1) is 15.3. The Morgan fingerprint density at radius 3 is 2.63 bits per heavy atom. The highest BCUT2D eigenvalue weighted by Gasteiger charge is 2.34. The van der Waals surface area contributed by atoms with Crippen LogP contribution in [0.3, 0.4) is 0 Å². The lowest BCUT2D eigenvalue weighted by atomic mass is 9.82. The summed E-state index contributed by atoms with van der Waals surface area (Å²) in [5.41, 5.74) is 6.02. The van der Waals surface area contributed by atoms with Crippen LogP contribution in [-0.4, -0.2) is 42.8 Å². The zero-order valence-corrected chi connectivity index (χ0v) is 12.8. The van der Waals surface area contributed by atoms with E-state index in [-0.39, 0.29) is 0 Å². The third kappa shape index (κ3) is 3.71. The molecule has 1 heterocycles.